The van der Waals surface area contributed by atoms with Gasteiger partial charge in [-0.3, -0.25) is 9.59 Å². The second-order valence-electron chi connectivity index (χ2n) is 11.9. The number of rotatable bonds is 15. The van der Waals surface area contributed by atoms with E-state index in [0.717, 1.165) is 11.1 Å². The van der Waals surface area contributed by atoms with Gasteiger partial charge in [-0.25, -0.2) is 0 Å². The van der Waals surface area contributed by atoms with E-state index in [9.17, 15) is 9.59 Å². The molecule has 0 bridgehead atoms. The van der Waals surface area contributed by atoms with E-state index in [1.807, 2.05) is 48.5 Å². The molecule has 1 unspecified atom stereocenters. The van der Waals surface area contributed by atoms with Gasteiger partial charge in [-0.1, -0.05) is 43.3 Å². The van der Waals surface area contributed by atoms with E-state index in [4.69, 9.17) is 34.8 Å². The first-order valence-corrected chi connectivity index (χ1v) is 15.3. The highest BCUT2D eigenvalue weighted by Gasteiger charge is 2.42. The van der Waals surface area contributed by atoms with Crippen molar-refractivity contribution in [3.8, 4) is 28.7 Å². The normalized spacial score (nSPS) is 15.7. The van der Waals surface area contributed by atoms with Crippen LogP contribution in [0.4, 0.5) is 0 Å². The van der Waals surface area contributed by atoms with Gasteiger partial charge in [0.2, 0.25) is 17.4 Å². The molecular weight excluding hydrogens is 586 g/mol. The molecule has 1 amide bonds. The molecule has 10 nitrogen and oxygen atoms in total. The van der Waals surface area contributed by atoms with Crippen molar-refractivity contribution in [3.63, 3.8) is 0 Å². The Morgan fingerprint density at radius 2 is 1.41 bits per heavy atom. The molecule has 0 saturated carbocycles. The molecule has 1 aliphatic rings. The molecule has 1 heterocycles. The number of likely N-dealkylation sites (tertiary alicyclic amines) is 1. The summed E-state index contributed by atoms with van der Waals surface area (Å²) in [4.78, 5) is 28.8. The topological polar surface area (TPSA) is 133 Å². The van der Waals surface area contributed by atoms with Crippen molar-refractivity contribution in [3.05, 3.63) is 77.4 Å². The Morgan fingerprint density at radius 3 is 1.93 bits per heavy atom. The molecule has 1 atom stereocenters. The van der Waals surface area contributed by atoms with Crippen LogP contribution in [0.25, 0.3) is 0 Å². The Labute approximate surface area is 271 Å². The van der Waals surface area contributed by atoms with Crippen molar-refractivity contribution in [1.29, 1.82) is 5.41 Å². The first-order chi connectivity index (χ1) is 22.0. The van der Waals surface area contributed by atoms with Gasteiger partial charge in [-0.05, 0) is 79.7 Å². The van der Waals surface area contributed by atoms with Crippen molar-refractivity contribution >= 4 is 17.4 Å². The molecule has 1 aliphatic heterocycles. The van der Waals surface area contributed by atoms with Crippen molar-refractivity contribution < 1.29 is 33.3 Å². The summed E-state index contributed by atoms with van der Waals surface area (Å²) in [5, 5.41) is 9.00. The number of piperidine rings is 1. The third-order valence-corrected chi connectivity index (χ3v) is 9.34. The molecule has 0 spiro atoms. The van der Waals surface area contributed by atoms with E-state index in [0.29, 0.717) is 67.6 Å². The fourth-order valence-corrected chi connectivity index (χ4v) is 6.40. The minimum Gasteiger partial charge on any atom is -0.493 e. The zero-order chi connectivity index (χ0) is 33.5. The van der Waals surface area contributed by atoms with Crippen molar-refractivity contribution in [2.75, 3.05) is 55.2 Å². The predicted octanol–water partition coefficient (Wildman–Crippen LogP) is 5.19. The van der Waals surface area contributed by atoms with Gasteiger partial charge in [0.25, 0.3) is 0 Å². The summed E-state index contributed by atoms with van der Waals surface area (Å²) in [6, 6.07) is 18.6. The molecule has 3 aromatic rings. The minimum absolute atomic E-state index is 0.0537. The van der Waals surface area contributed by atoms with E-state index in [1.54, 1.807) is 26.4 Å². The second-order valence-corrected chi connectivity index (χ2v) is 11.9. The van der Waals surface area contributed by atoms with Crippen LogP contribution in [-0.2, 0) is 15.6 Å². The number of ketones is 1. The minimum atomic E-state index is -0.695. The van der Waals surface area contributed by atoms with Gasteiger partial charge < -0.3 is 39.7 Å². The van der Waals surface area contributed by atoms with Gasteiger partial charge in [0.1, 0.15) is 0 Å². The highest BCUT2D eigenvalue weighted by Crippen LogP contribution is 2.41. The number of nitrogens with one attached hydrogen (secondary N) is 1. The summed E-state index contributed by atoms with van der Waals surface area (Å²) in [6.45, 7) is 4.15. The number of ether oxygens (including phenoxy) is 5. The smallest absolute Gasteiger partial charge is 0.228 e. The van der Waals surface area contributed by atoms with Gasteiger partial charge in [0.15, 0.2) is 23.0 Å². The fourth-order valence-electron chi connectivity index (χ4n) is 6.40. The van der Waals surface area contributed by atoms with Crippen LogP contribution in [0.5, 0.6) is 28.7 Å². The first kappa shape index (κ1) is 34.3. The van der Waals surface area contributed by atoms with E-state index >= 15 is 0 Å². The number of benzene rings is 3. The molecule has 1 fully saturated rings. The molecule has 0 aliphatic carbocycles. The third-order valence-electron chi connectivity index (χ3n) is 9.34. The van der Waals surface area contributed by atoms with Crippen molar-refractivity contribution in [2.24, 2.45) is 5.73 Å². The number of nitrogens with zero attached hydrogens (tertiary/aromatic N) is 1. The first-order valence-electron chi connectivity index (χ1n) is 15.3. The molecule has 3 aromatic carbocycles. The summed E-state index contributed by atoms with van der Waals surface area (Å²) in [5.41, 5.74) is 6.75. The highest BCUT2D eigenvalue weighted by molar-refractivity contribution is 6.45. The largest absolute Gasteiger partial charge is 0.493 e. The van der Waals surface area contributed by atoms with Crippen LogP contribution in [0.2, 0.25) is 0 Å². The zero-order valence-electron chi connectivity index (χ0n) is 27.6. The molecule has 4 rings (SSSR count). The van der Waals surface area contributed by atoms with Crippen molar-refractivity contribution in [2.45, 2.75) is 43.4 Å². The van der Waals surface area contributed by atoms with Crippen LogP contribution in [0.1, 0.15) is 54.1 Å². The van der Waals surface area contributed by atoms with Gasteiger partial charge in [0, 0.05) is 12.0 Å². The van der Waals surface area contributed by atoms with E-state index < -0.39 is 16.6 Å². The molecule has 0 aromatic heterocycles. The van der Waals surface area contributed by atoms with Gasteiger partial charge in [-0.15, -0.1) is 0 Å². The standard InChI is InChI=1S/C36H45N3O7/c1-35(26-12-13-28(42-2)29(22-26)43-3,23-27(37)32(40)24-20-30(44-4)33(46-6)31(21-24)45-5)14-17-39-18-15-36(16-19-39,34(38)41)25-10-8-7-9-11-25/h7-13,20-22,37H,14-19,23H2,1-6H3,(H2,38,41). The lowest BCUT2D eigenvalue weighted by molar-refractivity contribution is -0.125. The number of hydrogen-bond acceptors (Lipinski definition) is 9. The summed E-state index contributed by atoms with van der Waals surface area (Å²) >= 11 is 0. The second kappa shape index (κ2) is 14.7. The Morgan fingerprint density at radius 1 is 0.826 bits per heavy atom. The number of nitrogens with two attached hydrogens (primary N) is 1. The monoisotopic (exact) mass is 631 g/mol. The van der Waals surface area contributed by atoms with Crippen molar-refractivity contribution in [1.82, 2.24) is 4.90 Å². The van der Waals surface area contributed by atoms with E-state index in [-0.39, 0.29) is 23.6 Å². The lowest BCUT2D eigenvalue weighted by Gasteiger charge is -2.41. The molecular formula is C36H45N3O7. The average molecular weight is 632 g/mol. The number of Topliss-reactive ketones (excluding diaryl/α,β-unsaturated/α-hetero) is 1. The molecule has 3 N–H and O–H groups in total. The summed E-state index contributed by atoms with van der Waals surface area (Å²) in [5.74, 6) is 1.49. The van der Waals surface area contributed by atoms with Crippen LogP contribution in [0.15, 0.2) is 60.7 Å². The molecule has 46 heavy (non-hydrogen) atoms. The van der Waals surface area contributed by atoms with E-state index in [2.05, 4.69) is 11.8 Å². The zero-order valence-corrected chi connectivity index (χ0v) is 27.6. The van der Waals surface area contributed by atoms with Crippen LogP contribution in [0, 0.1) is 5.41 Å². The Hall–Kier alpha value is -4.57. The highest BCUT2D eigenvalue weighted by atomic mass is 16.5. The maximum atomic E-state index is 13.7. The number of carbonyl (C=O) groups is 2. The number of amides is 1. The predicted molar refractivity (Wildman–Crippen MR) is 177 cm³/mol. The summed E-state index contributed by atoms with van der Waals surface area (Å²) < 4.78 is 27.4. The number of hydrogen-bond donors (Lipinski definition) is 2. The number of primary amides is 1. The quantitative estimate of drug-likeness (QED) is 0.173. The number of methoxy groups -OCH3 is 5. The van der Waals surface area contributed by atoms with Gasteiger partial charge >= 0.3 is 0 Å². The maximum Gasteiger partial charge on any atom is 0.228 e. The SMILES string of the molecule is COc1ccc(C(C)(CCN2CCC(C(N)=O)(c3ccccc3)CC2)CC(=N)C(=O)c2cc(OC)c(OC)c(OC)c2)cc1OC. The van der Waals surface area contributed by atoms with Crippen LogP contribution >= 0.6 is 0 Å². The molecule has 246 valence electrons. The molecule has 0 radical (unpaired) electrons. The Kier molecular flexibility index (Phi) is 11.0. The van der Waals surface area contributed by atoms with Crippen LogP contribution in [0.3, 0.4) is 0 Å². The lowest BCUT2D eigenvalue weighted by Crippen LogP contribution is -2.50. The summed E-state index contributed by atoms with van der Waals surface area (Å²) in [6.07, 6.45) is 2.05. The van der Waals surface area contributed by atoms with Crippen LogP contribution < -0.4 is 29.4 Å². The number of carbonyl (C=O) groups excluding carboxylic acids is 2. The fraction of sp³-hybridized carbons (Fsp3) is 0.417. The molecule has 10 heteroatoms. The maximum absolute atomic E-state index is 13.7. The lowest BCUT2D eigenvalue weighted by atomic mass is 9.71. The van der Waals surface area contributed by atoms with Crippen LogP contribution in [-0.4, -0.2) is 77.5 Å². The van der Waals surface area contributed by atoms with Gasteiger partial charge in [-0.2, -0.15) is 0 Å². The Balaban J connectivity index is 1.59. The van der Waals surface area contributed by atoms with E-state index in [1.165, 1.54) is 21.3 Å². The average Bonchev–Trinajstić information content (AvgIpc) is 3.09. The molecule has 1 saturated heterocycles. The summed E-state index contributed by atoms with van der Waals surface area (Å²) in [7, 11) is 7.63. The Bertz CT molecular complexity index is 1530. The third kappa shape index (κ3) is 6.97. The van der Waals surface area contributed by atoms with Gasteiger partial charge in [0.05, 0.1) is 46.7 Å².